The number of rotatable bonds is 2. The van der Waals surface area contributed by atoms with Crippen LogP contribution in [0.25, 0.3) is 0 Å². The molecule has 2 rings (SSSR count). The molecule has 5 nitrogen and oxygen atoms in total. The van der Waals surface area contributed by atoms with Gasteiger partial charge in [0.2, 0.25) is 5.95 Å². The normalized spacial score (nSPS) is 17.4. The Morgan fingerprint density at radius 3 is 2.67 bits per heavy atom. The number of hydrogen-bond donors (Lipinski definition) is 1. The van der Waals surface area contributed by atoms with Crippen LogP contribution in [0.4, 0.5) is 9.18 Å². The van der Waals surface area contributed by atoms with Gasteiger partial charge in [0, 0.05) is 25.2 Å². The van der Waals surface area contributed by atoms with Crippen molar-refractivity contribution in [3.8, 4) is 0 Å². The number of halogens is 1. The predicted molar refractivity (Wildman–Crippen MR) is 65.8 cm³/mol. The lowest BCUT2D eigenvalue weighted by atomic mass is 10.0. The number of amides is 1. The van der Waals surface area contributed by atoms with Crippen molar-refractivity contribution in [2.75, 3.05) is 13.1 Å². The van der Waals surface area contributed by atoms with Crippen molar-refractivity contribution in [2.45, 2.75) is 38.8 Å². The van der Waals surface area contributed by atoms with Crippen LogP contribution < -0.4 is 5.32 Å². The van der Waals surface area contributed by atoms with E-state index < -0.39 is 5.95 Å². The highest BCUT2D eigenvalue weighted by Gasteiger charge is 2.23. The van der Waals surface area contributed by atoms with Crippen LogP contribution in [0.2, 0.25) is 0 Å². The number of carbonyl (C=O) groups is 1. The van der Waals surface area contributed by atoms with Crippen molar-refractivity contribution in [1.82, 2.24) is 19.8 Å². The lowest BCUT2D eigenvalue weighted by molar-refractivity contribution is 0.176. The molecule has 2 heterocycles. The topological polar surface area (TPSA) is 50.2 Å². The Bertz CT molecular complexity index is 410. The molecule has 100 valence electrons. The molecule has 1 saturated heterocycles. The van der Waals surface area contributed by atoms with Crippen LogP contribution in [0.15, 0.2) is 12.5 Å². The van der Waals surface area contributed by atoms with Crippen LogP contribution >= 0.6 is 0 Å². The summed E-state index contributed by atoms with van der Waals surface area (Å²) in [6.45, 7) is 5.63. The SMILES string of the molecule is CC(C)NC1CCN(C(=O)n2cnc(F)c2)CC1. The molecular formula is C12H19FN4O. The zero-order valence-corrected chi connectivity index (χ0v) is 10.8. The molecule has 1 aliphatic rings. The van der Waals surface area contributed by atoms with Gasteiger partial charge in [-0.2, -0.15) is 4.39 Å². The summed E-state index contributed by atoms with van der Waals surface area (Å²) in [7, 11) is 0. The Labute approximate surface area is 106 Å². The number of piperidine rings is 1. The van der Waals surface area contributed by atoms with E-state index in [2.05, 4.69) is 24.1 Å². The molecule has 18 heavy (non-hydrogen) atoms. The molecule has 6 heteroatoms. The van der Waals surface area contributed by atoms with Gasteiger partial charge in [-0.05, 0) is 12.8 Å². The summed E-state index contributed by atoms with van der Waals surface area (Å²) >= 11 is 0. The van der Waals surface area contributed by atoms with Crippen molar-refractivity contribution in [3.05, 3.63) is 18.5 Å². The fourth-order valence-electron chi connectivity index (χ4n) is 2.28. The maximum Gasteiger partial charge on any atom is 0.329 e. The van der Waals surface area contributed by atoms with E-state index in [1.165, 1.54) is 10.9 Å². The monoisotopic (exact) mass is 254 g/mol. The van der Waals surface area contributed by atoms with Gasteiger partial charge in [-0.15, -0.1) is 0 Å². The van der Waals surface area contributed by atoms with E-state index in [4.69, 9.17) is 0 Å². The third-order valence-corrected chi connectivity index (χ3v) is 3.11. The standard InChI is InChI=1S/C12H19FN4O/c1-9(2)15-10-3-5-16(6-4-10)12(18)17-7-11(13)14-8-17/h7-10,15H,3-6H2,1-2H3. The molecule has 0 saturated carbocycles. The minimum Gasteiger partial charge on any atom is -0.324 e. The van der Waals surface area contributed by atoms with E-state index in [-0.39, 0.29) is 6.03 Å². The molecule has 1 fully saturated rings. The first-order valence-corrected chi connectivity index (χ1v) is 6.31. The molecule has 1 aliphatic heterocycles. The molecule has 0 aromatic carbocycles. The van der Waals surface area contributed by atoms with Crippen molar-refractivity contribution in [2.24, 2.45) is 0 Å². The Hall–Kier alpha value is -1.43. The van der Waals surface area contributed by atoms with Gasteiger partial charge in [-0.3, -0.25) is 4.57 Å². The third-order valence-electron chi connectivity index (χ3n) is 3.11. The molecule has 1 aromatic rings. The lowest BCUT2D eigenvalue weighted by Crippen LogP contribution is -2.47. The molecule has 0 aliphatic carbocycles. The van der Waals surface area contributed by atoms with Crippen molar-refractivity contribution in [1.29, 1.82) is 0 Å². The second-order valence-corrected chi connectivity index (χ2v) is 4.97. The first kappa shape index (κ1) is 13.0. The maximum absolute atomic E-state index is 12.7. The number of likely N-dealkylation sites (tertiary alicyclic amines) is 1. The van der Waals surface area contributed by atoms with Crippen LogP contribution in [0.1, 0.15) is 26.7 Å². The Balaban J connectivity index is 1.88. The second kappa shape index (κ2) is 5.48. The Morgan fingerprint density at radius 1 is 1.50 bits per heavy atom. The molecule has 1 amide bonds. The minimum atomic E-state index is -0.625. The highest BCUT2D eigenvalue weighted by molar-refractivity contribution is 5.76. The van der Waals surface area contributed by atoms with Crippen molar-refractivity contribution < 1.29 is 9.18 Å². The highest BCUT2D eigenvalue weighted by Crippen LogP contribution is 2.12. The number of imidazole rings is 1. The largest absolute Gasteiger partial charge is 0.329 e. The maximum atomic E-state index is 12.7. The van der Waals surface area contributed by atoms with Gasteiger partial charge in [0.1, 0.15) is 6.33 Å². The number of nitrogens with zero attached hydrogens (tertiary/aromatic N) is 3. The summed E-state index contributed by atoms with van der Waals surface area (Å²) in [5.41, 5.74) is 0. The van der Waals surface area contributed by atoms with Crippen LogP contribution in [-0.2, 0) is 0 Å². The van der Waals surface area contributed by atoms with E-state index >= 15 is 0 Å². The summed E-state index contributed by atoms with van der Waals surface area (Å²) in [4.78, 5) is 17.2. The molecular weight excluding hydrogens is 235 g/mol. The van der Waals surface area contributed by atoms with E-state index in [0.717, 1.165) is 19.0 Å². The number of hydrogen-bond acceptors (Lipinski definition) is 3. The molecule has 1 N–H and O–H groups in total. The van der Waals surface area contributed by atoms with E-state index in [1.807, 2.05) is 0 Å². The highest BCUT2D eigenvalue weighted by atomic mass is 19.1. The zero-order chi connectivity index (χ0) is 13.1. The second-order valence-electron chi connectivity index (χ2n) is 4.97. The predicted octanol–water partition coefficient (Wildman–Crippen LogP) is 1.45. The van der Waals surface area contributed by atoms with E-state index in [1.54, 1.807) is 4.90 Å². The van der Waals surface area contributed by atoms with Gasteiger partial charge in [0.15, 0.2) is 0 Å². The third kappa shape index (κ3) is 3.07. The molecule has 0 unspecified atom stereocenters. The lowest BCUT2D eigenvalue weighted by Gasteiger charge is -2.33. The van der Waals surface area contributed by atoms with Gasteiger partial charge in [-0.1, -0.05) is 13.8 Å². The molecule has 0 bridgehead atoms. The average Bonchev–Trinajstić information content (AvgIpc) is 2.75. The summed E-state index contributed by atoms with van der Waals surface area (Å²) in [6, 6.07) is 0.725. The molecule has 0 radical (unpaired) electrons. The average molecular weight is 254 g/mol. The summed E-state index contributed by atoms with van der Waals surface area (Å²) in [5.74, 6) is -0.625. The molecule has 0 atom stereocenters. The fraction of sp³-hybridized carbons (Fsp3) is 0.667. The first-order chi connectivity index (χ1) is 8.56. The molecule has 0 spiro atoms. The van der Waals surface area contributed by atoms with Crippen LogP contribution in [0.5, 0.6) is 0 Å². The summed E-state index contributed by atoms with van der Waals surface area (Å²) in [5, 5.41) is 3.47. The number of carbonyl (C=O) groups excluding carboxylic acids is 1. The van der Waals surface area contributed by atoms with Crippen molar-refractivity contribution >= 4 is 6.03 Å². The number of nitrogens with one attached hydrogen (secondary N) is 1. The van der Waals surface area contributed by atoms with E-state index in [9.17, 15) is 9.18 Å². The van der Waals surface area contributed by atoms with Crippen LogP contribution in [-0.4, -0.2) is 45.7 Å². The first-order valence-electron chi connectivity index (χ1n) is 6.31. The van der Waals surface area contributed by atoms with Gasteiger partial charge in [-0.25, -0.2) is 9.78 Å². The summed E-state index contributed by atoms with van der Waals surface area (Å²) < 4.78 is 13.9. The fourth-order valence-corrected chi connectivity index (χ4v) is 2.28. The minimum absolute atomic E-state index is 0.200. The van der Waals surface area contributed by atoms with Crippen LogP contribution in [0.3, 0.4) is 0 Å². The van der Waals surface area contributed by atoms with Crippen molar-refractivity contribution in [3.63, 3.8) is 0 Å². The van der Waals surface area contributed by atoms with Crippen LogP contribution in [0, 0.1) is 5.95 Å². The quantitative estimate of drug-likeness (QED) is 0.869. The van der Waals surface area contributed by atoms with Gasteiger partial charge >= 0.3 is 6.03 Å². The Kier molecular flexibility index (Phi) is 3.96. The van der Waals surface area contributed by atoms with Gasteiger partial charge in [0.25, 0.3) is 0 Å². The Morgan fingerprint density at radius 2 is 2.17 bits per heavy atom. The van der Waals surface area contributed by atoms with Gasteiger partial charge in [0.05, 0.1) is 6.20 Å². The number of aromatic nitrogens is 2. The van der Waals surface area contributed by atoms with E-state index in [0.29, 0.717) is 25.2 Å². The molecule has 1 aromatic heterocycles. The smallest absolute Gasteiger partial charge is 0.324 e. The van der Waals surface area contributed by atoms with Gasteiger partial charge < -0.3 is 10.2 Å². The summed E-state index contributed by atoms with van der Waals surface area (Å²) in [6.07, 6.45) is 4.19. The zero-order valence-electron chi connectivity index (χ0n) is 10.8.